The van der Waals surface area contributed by atoms with E-state index in [0.717, 1.165) is 30.3 Å². The van der Waals surface area contributed by atoms with Gasteiger partial charge in [0.2, 0.25) is 0 Å². The molecular formula is C14H23ClN2O. The van der Waals surface area contributed by atoms with Gasteiger partial charge in [-0.05, 0) is 38.0 Å². The van der Waals surface area contributed by atoms with E-state index in [1.54, 1.807) is 0 Å². The second kappa shape index (κ2) is 7.62. The van der Waals surface area contributed by atoms with Crippen LogP contribution in [0.4, 0.5) is 5.69 Å². The highest BCUT2D eigenvalue weighted by Crippen LogP contribution is 2.26. The average Bonchev–Trinajstić information content (AvgIpc) is 2.28. The maximum Gasteiger partial charge on any atom is 0.0642 e. The Hall–Kier alpha value is -0.770. The van der Waals surface area contributed by atoms with E-state index < -0.39 is 0 Å². The highest BCUT2D eigenvalue weighted by atomic mass is 35.5. The van der Waals surface area contributed by atoms with Gasteiger partial charge in [-0.2, -0.15) is 0 Å². The van der Waals surface area contributed by atoms with Gasteiger partial charge in [0, 0.05) is 26.2 Å². The molecule has 2 N–H and O–H groups in total. The van der Waals surface area contributed by atoms with Gasteiger partial charge in [0.25, 0.3) is 0 Å². The molecule has 4 heteroatoms. The first-order valence-electron chi connectivity index (χ1n) is 6.37. The lowest BCUT2D eigenvalue weighted by Gasteiger charge is -2.21. The van der Waals surface area contributed by atoms with Crippen LogP contribution in [0.2, 0.25) is 5.02 Å². The van der Waals surface area contributed by atoms with Crippen LogP contribution in [-0.2, 0) is 11.2 Å². The minimum Gasteiger partial charge on any atom is -0.380 e. The predicted molar refractivity (Wildman–Crippen MR) is 78.6 cm³/mol. The van der Waals surface area contributed by atoms with E-state index in [0.29, 0.717) is 6.61 Å². The molecule has 1 aromatic rings. The van der Waals surface area contributed by atoms with Crippen LogP contribution in [0, 0.1) is 0 Å². The zero-order valence-corrected chi connectivity index (χ0v) is 12.2. The summed E-state index contributed by atoms with van der Waals surface area (Å²) in [6.45, 7) is 6.28. The van der Waals surface area contributed by atoms with Crippen molar-refractivity contribution in [3.8, 4) is 0 Å². The first-order chi connectivity index (χ1) is 8.54. The minimum atomic E-state index is 0.155. The summed E-state index contributed by atoms with van der Waals surface area (Å²) < 4.78 is 5.34. The van der Waals surface area contributed by atoms with E-state index in [2.05, 4.69) is 11.0 Å². The second-order valence-corrected chi connectivity index (χ2v) is 4.99. The number of anilines is 1. The molecule has 1 rings (SSSR count). The highest BCUT2D eigenvalue weighted by Gasteiger charge is 2.07. The first kappa shape index (κ1) is 15.3. The molecule has 0 fully saturated rings. The summed E-state index contributed by atoms with van der Waals surface area (Å²) in [5.74, 6) is 0. The van der Waals surface area contributed by atoms with Gasteiger partial charge in [-0.1, -0.05) is 17.7 Å². The molecule has 1 aromatic carbocycles. The molecular weight excluding hydrogens is 248 g/mol. The van der Waals surface area contributed by atoms with E-state index in [4.69, 9.17) is 22.1 Å². The Kier molecular flexibility index (Phi) is 6.47. The smallest absolute Gasteiger partial charge is 0.0642 e. The fraction of sp³-hybridized carbons (Fsp3) is 0.571. The summed E-state index contributed by atoms with van der Waals surface area (Å²) in [6.07, 6.45) is 0.850. The van der Waals surface area contributed by atoms with Crippen molar-refractivity contribution in [3.05, 3.63) is 28.8 Å². The predicted octanol–water partition coefficient (Wildman–Crippen LogP) is 2.70. The van der Waals surface area contributed by atoms with Gasteiger partial charge in [0.15, 0.2) is 0 Å². The summed E-state index contributed by atoms with van der Waals surface area (Å²) in [6, 6.07) is 6.29. The third-order valence-corrected chi connectivity index (χ3v) is 3.06. The van der Waals surface area contributed by atoms with Crippen molar-refractivity contribution in [3.63, 3.8) is 0 Å². The van der Waals surface area contributed by atoms with E-state index in [1.165, 1.54) is 5.56 Å². The number of nitrogens with zero attached hydrogens (tertiary/aromatic N) is 1. The molecule has 1 atom stereocenters. The molecule has 1 unspecified atom stereocenters. The Bertz CT molecular complexity index is 369. The Morgan fingerprint density at radius 2 is 2.17 bits per heavy atom. The molecule has 0 heterocycles. The zero-order valence-electron chi connectivity index (χ0n) is 11.4. The van der Waals surface area contributed by atoms with E-state index >= 15 is 0 Å². The molecule has 3 nitrogen and oxygen atoms in total. The third-order valence-electron chi connectivity index (χ3n) is 2.76. The number of rotatable bonds is 7. The molecule has 0 bridgehead atoms. The summed E-state index contributed by atoms with van der Waals surface area (Å²) in [5, 5.41) is 0.771. The molecule has 18 heavy (non-hydrogen) atoms. The lowest BCUT2D eigenvalue weighted by atomic mass is 10.1. The topological polar surface area (TPSA) is 38.5 Å². The van der Waals surface area contributed by atoms with Crippen LogP contribution in [0.1, 0.15) is 19.4 Å². The molecule has 0 saturated heterocycles. The molecule has 0 aliphatic heterocycles. The van der Waals surface area contributed by atoms with E-state index in [1.807, 2.05) is 33.0 Å². The second-order valence-electron chi connectivity index (χ2n) is 4.59. The van der Waals surface area contributed by atoms with Gasteiger partial charge in [-0.15, -0.1) is 0 Å². The molecule has 0 radical (unpaired) electrons. The summed E-state index contributed by atoms with van der Waals surface area (Å²) in [5.41, 5.74) is 7.99. The van der Waals surface area contributed by atoms with Crippen LogP contribution in [-0.4, -0.2) is 32.8 Å². The van der Waals surface area contributed by atoms with Crippen LogP contribution in [0.15, 0.2) is 18.2 Å². The van der Waals surface area contributed by atoms with Crippen molar-refractivity contribution in [1.82, 2.24) is 0 Å². The van der Waals surface area contributed by atoms with Gasteiger partial charge >= 0.3 is 0 Å². The SMILES string of the molecule is CCOCCN(C)c1ccc(CC(C)N)cc1Cl. The molecule has 0 saturated carbocycles. The Morgan fingerprint density at radius 1 is 1.44 bits per heavy atom. The summed E-state index contributed by atoms with van der Waals surface area (Å²) in [7, 11) is 2.02. The number of ether oxygens (including phenoxy) is 1. The third kappa shape index (κ3) is 4.84. The van der Waals surface area contributed by atoms with Crippen LogP contribution in [0.5, 0.6) is 0 Å². The highest BCUT2D eigenvalue weighted by molar-refractivity contribution is 6.33. The van der Waals surface area contributed by atoms with Crippen molar-refractivity contribution in [2.45, 2.75) is 26.3 Å². The van der Waals surface area contributed by atoms with Crippen LogP contribution in [0.3, 0.4) is 0 Å². The normalized spacial score (nSPS) is 12.5. The van der Waals surface area contributed by atoms with E-state index in [-0.39, 0.29) is 6.04 Å². The van der Waals surface area contributed by atoms with Crippen LogP contribution >= 0.6 is 11.6 Å². The lowest BCUT2D eigenvalue weighted by molar-refractivity contribution is 0.154. The molecule has 0 spiro atoms. The van der Waals surface area contributed by atoms with Gasteiger partial charge < -0.3 is 15.4 Å². The number of hydrogen-bond donors (Lipinski definition) is 1. The first-order valence-corrected chi connectivity index (χ1v) is 6.75. The maximum absolute atomic E-state index is 6.30. The van der Waals surface area contributed by atoms with Crippen LogP contribution in [0.25, 0.3) is 0 Å². The summed E-state index contributed by atoms with van der Waals surface area (Å²) >= 11 is 6.30. The molecule has 0 amide bonds. The Morgan fingerprint density at radius 3 is 2.72 bits per heavy atom. The van der Waals surface area contributed by atoms with Crippen LogP contribution < -0.4 is 10.6 Å². The number of halogens is 1. The molecule has 0 aliphatic rings. The standard InChI is InChI=1S/C14H23ClN2O/c1-4-18-8-7-17(3)14-6-5-12(9-11(2)16)10-13(14)15/h5-6,10-11H,4,7-9,16H2,1-3H3. The van der Waals surface area contributed by atoms with E-state index in [9.17, 15) is 0 Å². The number of likely N-dealkylation sites (N-methyl/N-ethyl adjacent to an activating group) is 1. The van der Waals surface area contributed by atoms with Crippen molar-refractivity contribution >= 4 is 17.3 Å². The number of hydrogen-bond acceptors (Lipinski definition) is 3. The van der Waals surface area contributed by atoms with Gasteiger partial charge in [0.05, 0.1) is 17.3 Å². The minimum absolute atomic E-state index is 0.155. The average molecular weight is 271 g/mol. The fourth-order valence-corrected chi connectivity index (χ4v) is 2.17. The lowest BCUT2D eigenvalue weighted by Crippen LogP contribution is -2.23. The Labute approximate surface area is 115 Å². The summed E-state index contributed by atoms with van der Waals surface area (Å²) in [4.78, 5) is 2.10. The van der Waals surface area contributed by atoms with Crippen molar-refractivity contribution in [2.75, 3.05) is 31.7 Å². The van der Waals surface area contributed by atoms with Crippen molar-refractivity contribution < 1.29 is 4.74 Å². The monoisotopic (exact) mass is 270 g/mol. The number of nitrogens with two attached hydrogens (primary N) is 1. The van der Waals surface area contributed by atoms with Gasteiger partial charge in [-0.25, -0.2) is 0 Å². The largest absolute Gasteiger partial charge is 0.380 e. The van der Waals surface area contributed by atoms with Crippen molar-refractivity contribution in [1.29, 1.82) is 0 Å². The van der Waals surface area contributed by atoms with Gasteiger partial charge in [0.1, 0.15) is 0 Å². The zero-order chi connectivity index (χ0) is 13.5. The molecule has 102 valence electrons. The molecule has 0 aliphatic carbocycles. The van der Waals surface area contributed by atoms with Crippen molar-refractivity contribution in [2.24, 2.45) is 5.73 Å². The van der Waals surface area contributed by atoms with Gasteiger partial charge in [-0.3, -0.25) is 0 Å². The maximum atomic E-state index is 6.30. The number of benzene rings is 1. The molecule has 0 aromatic heterocycles. The fourth-order valence-electron chi connectivity index (χ4n) is 1.82. The Balaban J connectivity index is 2.66. The quantitative estimate of drug-likeness (QED) is 0.775.